The Labute approximate surface area is 180 Å². The zero-order valence-corrected chi connectivity index (χ0v) is 17.5. The molecule has 1 atom stereocenters. The van der Waals surface area contributed by atoms with Crippen LogP contribution in [0, 0.1) is 5.82 Å². The van der Waals surface area contributed by atoms with Crippen LogP contribution >= 0.6 is 0 Å². The summed E-state index contributed by atoms with van der Waals surface area (Å²) < 4.78 is 30.4. The molecule has 6 nitrogen and oxygen atoms in total. The molecule has 0 fully saturated rings. The zero-order valence-electron chi connectivity index (χ0n) is 17.5. The summed E-state index contributed by atoms with van der Waals surface area (Å²) in [7, 11) is 3.13. The molecule has 160 valence electrons. The smallest absolute Gasteiger partial charge is 0.244 e. The van der Waals surface area contributed by atoms with Crippen LogP contribution in [0.4, 0.5) is 4.39 Å². The van der Waals surface area contributed by atoms with Crippen LogP contribution in [0.5, 0.6) is 23.0 Å². The van der Waals surface area contributed by atoms with Gasteiger partial charge in [0.15, 0.2) is 11.6 Å². The van der Waals surface area contributed by atoms with Gasteiger partial charge in [0.05, 0.1) is 26.5 Å². The van der Waals surface area contributed by atoms with Crippen LogP contribution in [-0.2, 0) is 4.79 Å². The SMILES string of the molecule is COc1ccc(C(C)NC(=O)/C=C/c2ccc(Oc3cccnc3)c(F)c2)c(OC)c1. The first-order valence-electron chi connectivity index (χ1n) is 9.58. The Balaban J connectivity index is 1.64. The van der Waals surface area contributed by atoms with Gasteiger partial charge >= 0.3 is 0 Å². The topological polar surface area (TPSA) is 69.7 Å². The minimum atomic E-state index is -0.539. The third-order valence-corrected chi connectivity index (χ3v) is 4.51. The molecule has 1 heterocycles. The molecule has 1 aromatic heterocycles. The standard InChI is InChI=1S/C24H23FN2O4/c1-16(20-9-8-18(29-2)14-23(20)30-3)27-24(28)11-7-17-6-10-22(21(25)13-17)31-19-5-4-12-26-15-19/h4-16H,1-3H3,(H,27,28)/b11-7+. The van der Waals surface area contributed by atoms with E-state index in [0.29, 0.717) is 22.8 Å². The van der Waals surface area contributed by atoms with E-state index >= 15 is 0 Å². The average molecular weight is 422 g/mol. The molecule has 7 heteroatoms. The van der Waals surface area contributed by atoms with E-state index in [1.807, 2.05) is 13.0 Å². The number of carbonyl (C=O) groups is 1. The first-order chi connectivity index (χ1) is 15.0. The van der Waals surface area contributed by atoms with E-state index in [0.717, 1.165) is 5.56 Å². The molecule has 0 spiro atoms. The fourth-order valence-corrected chi connectivity index (χ4v) is 2.93. The minimum Gasteiger partial charge on any atom is -0.497 e. The highest BCUT2D eigenvalue weighted by Gasteiger charge is 2.14. The zero-order chi connectivity index (χ0) is 22.2. The normalized spacial score (nSPS) is 11.7. The second kappa shape index (κ2) is 10.2. The Morgan fingerprint density at radius 2 is 1.90 bits per heavy atom. The van der Waals surface area contributed by atoms with Crippen molar-refractivity contribution in [1.29, 1.82) is 0 Å². The van der Waals surface area contributed by atoms with Gasteiger partial charge in [-0.2, -0.15) is 0 Å². The summed E-state index contributed by atoms with van der Waals surface area (Å²) in [5.41, 5.74) is 1.34. The van der Waals surface area contributed by atoms with E-state index in [9.17, 15) is 9.18 Å². The maximum Gasteiger partial charge on any atom is 0.244 e. The molecule has 0 saturated carbocycles. The summed E-state index contributed by atoms with van der Waals surface area (Å²) >= 11 is 0. The summed E-state index contributed by atoms with van der Waals surface area (Å²) in [5, 5.41) is 2.87. The molecule has 0 bridgehead atoms. The predicted octanol–water partition coefficient (Wildman–Crippen LogP) is 4.92. The lowest BCUT2D eigenvalue weighted by Gasteiger charge is -2.17. The lowest BCUT2D eigenvalue weighted by atomic mass is 10.1. The molecule has 0 aliphatic carbocycles. The maximum atomic E-state index is 14.3. The second-order valence-electron chi connectivity index (χ2n) is 6.65. The quantitative estimate of drug-likeness (QED) is 0.522. The van der Waals surface area contributed by atoms with E-state index in [1.54, 1.807) is 50.7 Å². The molecule has 0 aliphatic rings. The van der Waals surface area contributed by atoms with Crippen molar-refractivity contribution >= 4 is 12.0 Å². The lowest BCUT2D eigenvalue weighted by molar-refractivity contribution is -0.117. The molecule has 1 unspecified atom stereocenters. The van der Waals surface area contributed by atoms with Gasteiger partial charge in [-0.15, -0.1) is 0 Å². The number of methoxy groups -OCH3 is 2. The third-order valence-electron chi connectivity index (χ3n) is 4.51. The van der Waals surface area contributed by atoms with E-state index in [4.69, 9.17) is 14.2 Å². The summed E-state index contributed by atoms with van der Waals surface area (Å²) in [6, 6.07) is 12.9. The summed E-state index contributed by atoms with van der Waals surface area (Å²) in [4.78, 5) is 16.3. The van der Waals surface area contributed by atoms with Crippen molar-refractivity contribution in [2.45, 2.75) is 13.0 Å². The van der Waals surface area contributed by atoms with Gasteiger partial charge in [-0.05, 0) is 55.0 Å². The number of carbonyl (C=O) groups excluding carboxylic acids is 1. The van der Waals surface area contributed by atoms with Gasteiger partial charge in [-0.1, -0.05) is 6.07 Å². The number of ether oxygens (including phenoxy) is 3. The van der Waals surface area contributed by atoms with Crippen molar-refractivity contribution in [2.24, 2.45) is 0 Å². The molecule has 0 saturated heterocycles. The van der Waals surface area contributed by atoms with Crippen LogP contribution < -0.4 is 19.5 Å². The number of nitrogens with one attached hydrogen (secondary N) is 1. The molecule has 0 radical (unpaired) electrons. The van der Waals surface area contributed by atoms with Crippen molar-refractivity contribution in [2.75, 3.05) is 14.2 Å². The van der Waals surface area contributed by atoms with Gasteiger partial charge in [-0.3, -0.25) is 9.78 Å². The summed E-state index contributed by atoms with van der Waals surface area (Å²) in [5.74, 6) is 0.936. The van der Waals surface area contributed by atoms with E-state index < -0.39 is 5.82 Å². The van der Waals surface area contributed by atoms with Crippen LogP contribution in [0.15, 0.2) is 67.0 Å². The van der Waals surface area contributed by atoms with Gasteiger partial charge in [0.1, 0.15) is 17.2 Å². The highest BCUT2D eigenvalue weighted by atomic mass is 19.1. The van der Waals surface area contributed by atoms with Gasteiger partial charge < -0.3 is 19.5 Å². The van der Waals surface area contributed by atoms with Crippen LogP contribution in [0.3, 0.4) is 0 Å². The number of amides is 1. The molecule has 3 rings (SSSR count). The van der Waals surface area contributed by atoms with Crippen molar-refractivity contribution in [3.05, 3.63) is 83.9 Å². The molecule has 3 aromatic rings. The van der Waals surface area contributed by atoms with Crippen molar-refractivity contribution in [3.63, 3.8) is 0 Å². The number of benzene rings is 2. The van der Waals surface area contributed by atoms with Gasteiger partial charge in [0.2, 0.25) is 5.91 Å². The van der Waals surface area contributed by atoms with Crippen molar-refractivity contribution < 1.29 is 23.4 Å². The van der Waals surface area contributed by atoms with Crippen LogP contribution in [0.25, 0.3) is 6.08 Å². The molecule has 31 heavy (non-hydrogen) atoms. The molecule has 0 aliphatic heterocycles. The Morgan fingerprint density at radius 3 is 2.58 bits per heavy atom. The predicted molar refractivity (Wildman–Crippen MR) is 116 cm³/mol. The first-order valence-corrected chi connectivity index (χ1v) is 9.58. The highest BCUT2D eigenvalue weighted by molar-refractivity contribution is 5.92. The number of hydrogen-bond acceptors (Lipinski definition) is 5. The molecular formula is C24H23FN2O4. The van der Waals surface area contributed by atoms with Crippen LogP contribution in [0.2, 0.25) is 0 Å². The van der Waals surface area contributed by atoms with Crippen LogP contribution in [0.1, 0.15) is 24.1 Å². The largest absolute Gasteiger partial charge is 0.497 e. The van der Waals surface area contributed by atoms with E-state index in [1.165, 1.54) is 30.5 Å². The molecule has 2 aromatic carbocycles. The summed E-state index contributed by atoms with van der Waals surface area (Å²) in [6.45, 7) is 1.85. The maximum absolute atomic E-state index is 14.3. The van der Waals surface area contributed by atoms with Gasteiger partial charge in [0.25, 0.3) is 0 Å². The van der Waals surface area contributed by atoms with Gasteiger partial charge in [-0.25, -0.2) is 4.39 Å². The monoisotopic (exact) mass is 422 g/mol. The molecule has 1 N–H and O–H groups in total. The van der Waals surface area contributed by atoms with Crippen molar-refractivity contribution in [3.8, 4) is 23.0 Å². The Morgan fingerprint density at radius 1 is 1.06 bits per heavy atom. The third kappa shape index (κ3) is 5.82. The lowest BCUT2D eigenvalue weighted by Crippen LogP contribution is -2.25. The number of nitrogens with zero attached hydrogens (tertiary/aromatic N) is 1. The first kappa shape index (κ1) is 21.8. The Kier molecular flexibility index (Phi) is 7.22. The number of hydrogen-bond donors (Lipinski definition) is 1. The van der Waals surface area contributed by atoms with E-state index in [2.05, 4.69) is 10.3 Å². The number of rotatable bonds is 8. The average Bonchev–Trinajstić information content (AvgIpc) is 2.79. The Hall–Kier alpha value is -3.87. The fraction of sp³-hybridized carbons (Fsp3) is 0.167. The minimum absolute atomic E-state index is 0.0785. The highest BCUT2D eigenvalue weighted by Crippen LogP contribution is 2.29. The number of pyridine rings is 1. The molecule has 1 amide bonds. The second-order valence-corrected chi connectivity index (χ2v) is 6.65. The van der Waals surface area contributed by atoms with Gasteiger partial charge in [0, 0.05) is 23.9 Å². The Bertz CT molecular complexity index is 1070. The fourth-order valence-electron chi connectivity index (χ4n) is 2.93. The van der Waals surface area contributed by atoms with Crippen LogP contribution in [-0.4, -0.2) is 25.1 Å². The van der Waals surface area contributed by atoms with E-state index in [-0.39, 0.29) is 17.7 Å². The molecular weight excluding hydrogens is 399 g/mol. The summed E-state index contributed by atoms with van der Waals surface area (Å²) in [6.07, 6.45) is 5.98. The van der Waals surface area contributed by atoms with Crippen molar-refractivity contribution in [1.82, 2.24) is 10.3 Å². The number of halogens is 1. The number of aromatic nitrogens is 1.